The number of rotatable bonds is 4. The molecule has 0 aliphatic carbocycles. The molecule has 0 N–H and O–H groups in total. The Morgan fingerprint density at radius 3 is 2.42 bits per heavy atom. The Kier molecular flexibility index (Phi) is 3.56. The summed E-state index contributed by atoms with van der Waals surface area (Å²) in [5.74, 6) is 0.210. The molecule has 1 aromatic carbocycles. The van der Waals surface area contributed by atoms with Gasteiger partial charge in [0.25, 0.3) is 0 Å². The first-order chi connectivity index (χ1) is 8.91. The van der Waals surface area contributed by atoms with Crippen molar-refractivity contribution in [2.24, 2.45) is 7.05 Å². The monoisotopic (exact) mass is 256 g/mol. The lowest BCUT2D eigenvalue weighted by Crippen LogP contribution is -2.31. The number of aryl methyl sites for hydroxylation is 2. The van der Waals surface area contributed by atoms with Gasteiger partial charge in [0.2, 0.25) is 0 Å². The molecule has 2 aromatic rings. The lowest BCUT2D eigenvalue weighted by atomic mass is 9.79. The summed E-state index contributed by atoms with van der Waals surface area (Å²) in [6.45, 7) is 5.90. The maximum absolute atomic E-state index is 12.6. The molecule has 1 heterocycles. The Bertz CT molecular complexity index is 582. The molecule has 0 amide bonds. The number of hydrogen-bond acceptors (Lipinski definition) is 2. The SMILES string of the molecule is Cc1cc(CC(=O)C(C)(C)c2ccccc2)n(C)n1. The van der Waals surface area contributed by atoms with Gasteiger partial charge in [0, 0.05) is 24.6 Å². The van der Waals surface area contributed by atoms with E-state index in [9.17, 15) is 4.79 Å². The summed E-state index contributed by atoms with van der Waals surface area (Å²) in [4.78, 5) is 12.6. The van der Waals surface area contributed by atoms with Crippen molar-refractivity contribution < 1.29 is 4.79 Å². The van der Waals surface area contributed by atoms with E-state index in [0.717, 1.165) is 17.0 Å². The van der Waals surface area contributed by atoms with Gasteiger partial charge in [-0.15, -0.1) is 0 Å². The Balaban J connectivity index is 2.22. The van der Waals surface area contributed by atoms with Crippen molar-refractivity contribution in [1.82, 2.24) is 9.78 Å². The number of carbonyl (C=O) groups excluding carboxylic acids is 1. The molecule has 0 aliphatic rings. The van der Waals surface area contributed by atoms with Crippen LogP contribution in [0.15, 0.2) is 36.4 Å². The average Bonchev–Trinajstić information content (AvgIpc) is 2.69. The maximum atomic E-state index is 12.6. The second kappa shape index (κ2) is 5.00. The zero-order valence-electron chi connectivity index (χ0n) is 12.0. The van der Waals surface area contributed by atoms with E-state index in [1.54, 1.807) is 4.68 Å². The summed E-state index contributed by atoms with van der Waals surface area (Å²) in [5, 5.41) is 4.28. The zero-order chi connectivity index (χ0) is 14.0. The molecule has 0 aliphatic heterocycles. The number of hydrogen-bond donors (Lipinski definition) is 0. The highest BCUT2D eigenvalue weighted by Gasteiger charge is 2.29. The standard InChI is InChI=1S/C16H20N2O/c1-12-10-14(18(4)17-12)11-15(19)16(2,3)13-8-6-5-7-9-13/h5-10H,11H2,1-4H3. The molecule has 19 heavy (non-hydrogen) atoms. The molecule has 1 aromatic heterocycles. The number of ketones is 1. The van der Waals surface area contributed by atoms with Gasteiger partial charge in [-0.1, -0.05) is 30.3 Å². The lowest BCUT2D eigenvalue weighted by Gasteiger charge is -2.23. The van der Waals surface area contributed by atoms with Crippen molar-refractivity contribution in [3.05, 3.63) is 53.3 Å². The first kappa shape index (κ1) is 13.5. The van der Waals surface area contributed by atoms with Gasteiger partial charge in [-0.05, 0) is 32.4 Å². The molecule has 0 saturated heterocycles. The van der Waals surface area contributed by atoms with Crippen LogP contribution in [0.2, 0.25) is 0 Å². The largest absolute Gasteiger partial charge is 0.298 e. The highest BCUT2D eigenvalue weighted by atomic mass is 16.1. The maximum Gasteiger partial charge on any atom is 0.148 e. The van der Waals surface area contributed by atoms with Crippen LogP contribution in [-0.2, 0) is 23.7 Å². The number of benzene rings is 1. The Morgan fingerprint density at radius 1 is 1.26 bits per heavy atom. The van der Waals surface area contributed by atoms with Crippen LogP contribution in [0.5, 0.6) is 0 Å². The van der Waals surface area contributed by atoms with Gasteiger partial charge >= 0.3 is 0 Å². The predicted octanol–water partition coefficient (Wildman–Crippen LogP) is 2.82. The Hall–Kier alpha value is -1.90. The van der Waals surface area contributed by atoms with Gasteiger partial charge in [0.1, 0.15) is 5.78 Å². The van der Waals surface area contributed by atoms with Crippen LogP contribution in [0.3, 0.4) is 0 Å². The third kappa shape index (κ3) is 2.75. The van der Waals surface area contributed by atoms with Crippen LogP contribution in [0.4, 0.5) is 0 Å². The Labute approximate surface area is 114 Å². The van der Waals surface area contributed by atoms with Gasteiger partial charge in [-0.2, -0.15) is 5.10 Å². The predicted molar refractivity (Wildman–Crippen MR) is 76.1 cm³/mol. The summed E-state index contributed by atoms with van der Waals surface area (Å²) in [7, 11) is 1.88. The van der Waals surface area contributed by atoms with E-state index in [0.29, 0.717) is 6.42 Å². The van der Waals surface area contributed by atoms with E-state index < -0.39 is 5.41 Å². The van der Waals surface area contributed by atoms with Crippen molar-refractivity contribution in [3.8, 4) is 0 Å². The third-order valence-corrected chi connectivity index (χ3v) is 3.63. The fraction of sp³-hybridized carbons (Fsp3) is 0.375. The summed E-state index contributed by atoms with van der Waals surface area (Å²) in [6.07, 6.45) is 0.416. The number of nitrogens with zero attached hydrogens (tertiary/aromatic N) is 2. The summed E-state index contributed by atoms with van der Waals surface area (Å²) in [5.41, 5.74) is 2.49. The summed E-state index contributed by atoms with van der Waals surface area (Å²) < 4.78 is 1.79. The van der Waals surface area contributed by atoms with Crippen molar-refractivity contribution >= 4 is 5.78 Å². The van der Waals surface area contributed by atoms with Gasteiger partial charge in [-0.25, -0.2) is 0 Å². The lowest BCUT2D eigenvalue weighted by molar-refractivity contribution is -0.122. The fourth-order valence-electron chi connectivity index (χ4n) is 2.23. The zero-order valence-corrected chi connectivity index (χ0v) is 12.0. The highest BCUT2D eigenvalue weighted by Crippen LogP contribution is 2.25. The molecule has 3 heteroatoms. The molecule has 0 bridgehead atoms. The summed E-state index contributed by atoms with van der Waals surface area (Å²) >= 11 is 0. The second-order valence-electron chi connectivity index (χ2n) is 5.49. The van der Waals surface area contributed by atoms with E-state index in [4.69, 9.17) is 0 Å². The third-order valence-electron chi connectivity index (χ3n) is 3.63. The molecule has 0 spiro atoms. The van der Waals surface area contributed by atoms with E-state index in [1.807, 2.05) is 64.2 Å². The van der Waals surface area contributed by atoms with E-state index >= 15 is 0 Å². The van der Waals surface area contributed by atoms with Gasteiger partial charge in [0.15, 0.2) is 0 Å². The van der Waals surface area contributed by atoms with Crippen LogP contribution >= 0.6 is 0 Å². The Morgan fingerprint density at radius 2 is 1.89 bits per heavy atom. The fourth-order valence-corrected chi connectivity index (χ4v) is 2.23. The van der Waals surface area contributed by atoms with E-state index in [1.165, 1.54) is 0 Å². The molecule has 3 nitrogen and oxygen atoms in total. The first-order valence-corrected chi connectivity index (χ1v) is 6.49. The number of aromatic nitrogens is 2. The van der Waals surface area contributed by atoms with Crippen LogP contribution in [0.25, 0.3) is 0 Å². The normalized spacial score (nSPS) is 11.6. The van der Waals surface area contributed by atoms with Crippen molar-refractivity contribution in [2.75, 3.05) is 0 Å². The van der Waals surface area contributed by atoms with Crippen LogP contribution in [0, 0.1) is 6.92 Å². The van der Waals surface area contributed by atoms with Crippen LogP contribution < -0.4 is 0 Å². The molecule has 0 unspecified atom stereocenters. The molecule has 0 saturated carbocycles. The molecule has 0 radical (unpaired) electrons. The van der Waals surface area contributed by atoms with Gasteiger partial charge in [-0.3, -0.25) is 9.48 Å². The number of Topliss-reactive ketones (excluding diaryl/α,β-unsaturated/α-hetero) is 1. The van der Waals surface area contributed by atoms with Crippen molar-refractivity contribution in [2.45, 2.75) is 32.6 Å². The molecule has 100 valence electrons. The molecule has 0 fully saturated rings. The minimum Gasteiger partial charge on any atom is -0.298 e. The molecule has 0 atom stereocenters. The number of carbonyl (C=O) groups is 1. The molecular formula is C16H20N2O. The van der Waals surface area contributed by atoms with Crippen LogP contribution in [-0.4, -0.2) is 15.6 Å². The van der Waals surface area contributed by atoms with Crippen molar-refractivity contribution in [1.29, 1.82) is 0 Å². The van der Waals surface area contributed by atoms with Crippen LogP contribution in [0.1, 0.15) is 30.8 Å². The van der Waals surface area contributed by atoms with Gasteiger partial charge in [0.05, 0.1) is 5.69 Å². The average molecular weight is 256 g/mol. The quantitative estimate of drug-likeness (QED) is 0.843. The molecule has 2 rings (SSSR count). The topological polar surface area (TPSA) is 34.9 Å². The smallest absolute Gasteiger partial charge is 0.148 e. The van der Waals surface area contributed by atoms with E-state index in [2.05, 4.69) is 5.10 Å². The minimum absolute atomic E-state index is 0.210. The highest BCUT2D eigenvalue weighted by molar-refractivity contribution is 5.90. The van der Waals surface area contributed by atoms with Gasteiger partial charge < -0.3 is 0 Å². The molecular weight excluding hydrogens is 236 g/mol. The first-order valence-electron chi connectivity index (χ1n) is 6.49. The summed E-state index contributed by atoms with van der Waals surface area (Å²) in [6, 6.07) is 11.9. The second-order valence-corrected chi connectivity index (χ2v) is 5.49. The minimum atomic E-state index is -0.473. The van der Waals surface area contributed by atoms with E-state index in [-0.39, 0.29) is 5.78 Å². The van der Waals surface area contributed by atoms with Crippen molar-refractivity contribution in [3.63, 3.8) is 0 Å².